The lowest BCUT2D eigenvalue weighted by Crippen LogP contribution is -2.43. The number of carbonyl (C=O) groups excluding carboxylic acids is 1. The number of aryl methyl sites for hydroxylation is 1. The Morgan fingerprint density at radius 2 is 2.30 bits per heavy atom. The van der Waals surface area contributed by atoms with Crippen molar-refractivity contribution in [3.05, 3.63) is 29.8 Å². The molecule has 1 heterocycles. The van der Waals surface area contributed by atoms with Gasteiger partial charge in [0.25, 0.3) is 0 Å². The van der Waals surface area contributed by atoms with Crippen LogP contribution in [0.5, 0.6) is 0 Å². The van der Waals surface area contributed by atoms with Crippen LogP contribution < -0.4 is 11.1 Å². The van der Waals surface area contributed by atoms with Crippen molar-refractivity contribution in [1.82, 2.24) is 14.9 Å². The Balaban J connectivity index is 1.68. The number of imidazole rings is 1. The zero-order chi connectivity index (χ0) is 14.3. The van der Waals surface area contributed by atoms with Crippen molar-refractivity contribution in [2.45, 2.75) is 24.8 Å². The van der Waals surface area contributed by atoms with Crippen molar-refractivity contribution in [2.75, 3.05) is 6.54 Å². The summed E-state index contributed by atoms with van der Waals surface area (Å²) < 4.78 is 15.1. The molecule has 1 amide bonds. The molecule has 0 aliphatic heterocycles. The van der Waals surface area contributed by atoms with Gasteiger partial charge >= 0.3 is 0 Å². The molecule has 1 aromatic heterocycles. The first kappa shape index (κ1) is 13.1. The van der Waals surface area contributed by atoms with Crippen molar-refractivity contribution < 1.29 is 9.18 Å². The Morgan fingerprint density at radius 1 is 1.55 bits per heavy atom. The van der Waals surface area contributed by atoms with Gasteiger partial charge in [-0.2, -0.15) is 0 Å². The Kier molecular flexibility index (Phi) is 2.97. The van der Waals surface area contributed by atoms with Crippen molar-refractivity contribution >= 4 is 16.9 Å². The highest BCUT2D eigenvalue weighted by atomic mass is 19.1. The summed E-state index contributed by atoms with van der Waals surface area (Å²) in [5.74, 6) is 0.421. The summed E-state index contributed by atoms with van der Waals surface area (Å²) in [4.78, 5) is 16.1. The van der Waals surface area contributed by atoms with E-state index in [1.54, 1.807) is 6.07 Å². The van der Waals surface area contributed by atoms with Gasteiger partial charge in [0.05, 0.1) is 16.6 Å². The lowest BCUT2D eigenvalue weighted by atomic mass is 10.2. The van der Waals surface area contributed by atoms with Crippen LogP contribution in [0.4, 0.5) is 4.39 Å². The van der Waals surface area contributed by atoms with E-state index in [0.29, 0.717) is 18.5 Å². The van der Waals surface area contributed by atoms with Crippen LogP contribution in [0.2, 0.25) is 0 Å². The number of nitrogens with zero attached hydrogens (tertiary/aromatic N) is 2. The van der Waals surface area contributed by atoms with Gasteiger partial charge in [0.15, 0.2) is 0 Å². The van der Waals surface area contributed by atoms with Gasteiger partial charge < -0.3 is 15.6 Å². The van der Waals surface area contributed by atoms with Gasteiger partial charge in [-0.1, -0.05) is 0 Å². The Labute approximate surface area is 116 Å². The highest BCUT2D eigenvalue weighted by molar-refractivity contribution is 5.88. The van der Waals surface area contributed by atoms with Crippen LogP contribution in [0.1, 0.15) is 18.7 Å². The third-order valence-electron chi connectivity index (χ3n) is 3.81. The molecule has 0 spiro atoms. The maximum absolute atomic E-state index is 13.2. The van der Waals surface area contributed by atoms with Gasteiger partial charge in [0.2, 0.25) is 5.91 Å². The lowest BCUT2D eigenvalue weighted by Gasteiger charge is -2.09. The van der Waals surface area contributed by atoms with Crippen molar-refractivity contribution in [1.29, 1.82) is 0 Å². The number of benzene rings is 1. The smallest absolute Gasteiger partial charge is 0.240 e. The second kappa shape index (κ2) is 4.56. The fourth-order valence-corrected chi connectivity index (χ4v) is 2.27. The molecule has 1 aromatic carbocycles. The number of halogens is 1. The van der Waals surface area contributed by atoms with E-state index in [4.69, 9.17) is 5.73 Å². The van der Waals surface area contributed by atoms with Crippen LogP contribution in [-0.4, -0.2) is 27.5 Å². The van der Waals surface area contributed by atoms with Gasteiger partial charge in [0.1, 0.15) is 11.6 Å². The van der Waals surface area contributed by atoms with E-state index in [2.05, 4.69) is 10.3 Å². The summed E-state index contributed by atoms with van der Waals surface area (Å²) in [5.41, 5.74) is 6.67. The minimum atomic E-state index is -0.643. The molecule has 20 heavy (non-hydrogen) atoms. The van der Waals surface area contributed by atoms with E-state index in [9.17, 15) is 9.18 Å². The molecule has 3 rings (SSSR count). The maximum Gasteiger partial charge on any atom is 0.240 e. The van der Waals surface area contributed by atoms with Crippen molar-refractivity contribution in [3.8, 4) is 0 Å². The number of amides is 1. The third-order valence-corrected chi connectivity index (χ3v) is 3.81. The molecule has 6 heteroatoms. The molecule has 106 valence electrons. The molecule has 1 aliphatic carbocycles. The summed E-state index contributed by atoms with van der Waals surface area (Å²) in [5, 5.41) is 2.83. The Bertz CT molecular complexity index is 675. The number of fused-ring (bicyclic) bond motifs is 1. The molecular formula is C14H17FN4O. The van der Waals surface area contributed by atoms with Crippen LogP contribution in [-0.2, 0) is 18.3 Å². The van der Waals surface area contributed by atoms with Gasteiger partial charge in [0, 0.05) is 26.1 Å². The first-order valence-electron chi connectivity index (χ1n) is 6.68. The number of aromatic nitrogens is 2. The normalized spacial score (nSPS) is 16.4. The van der Waals surface area contributed by atoms with Crippen LogP contribution in [0.15, 0.2) is 18.2 Å². The van der Waals surface area contributed by atoms with E-state index in [1.807, 2.05) is 11.6 Å². The number of carbonyl (C=O) groups is 1. The summed E-state index contributed by atoms with van der Waals surface area (Å²) in [6.07, 6.45) is 2.10. The summed E-state index contributed by atoms with van der Waals surface area (Å²) in [7, 11) is 1.88. The topological polar surface area (TPSA) is 72.9 Å². The van der Waals surface area contributed by atoms with Crippen LogP contribution in [0.25, 0.3) is 11.0 Å². The Morgan fingerprint density at radius 3 is 3.00 bits per heavy atom. The fourth-order valence-electron chi connectivity index (χ4n) is 2.27. The number of nitrogens with one attached hydrogen (secondary N) is 1. The van der Waals surface area contributed by atoms with Gasteiger partial charge in [-0.05, 0) is 25.0 Å². The average molecular weight is 276 g/mol. The molecule has 0 bridgehead atoms. The maximum atomic E-state index is 13.2. The molecule has 0 radical (unpaired) electrons. The monoisotopic (exact) mass is 276 g/mol. The molecular weight excluding hydrogens is 259 g/mol. The van der Waals surface area contributed by atoms with Gasteiger partial charge in [-0.25, -0.2) is 9.37 Å². The molecule has 0 saturated heterocycles. The second-order valence-electron chi connectivity index (χ2n) is 5.38. The predicted octanol–water partition coefficient (Wildman–Crippen LogP) is 0.862. The van der Waals surface area contributed by atoms with E-state index in [-0.39, 0.29) is 11.7 Å². The molecule has 1 saturated carbocycles. The zero-order valence-electron chi connectivity index (χ0n) is 11.3. The van der Waals surface area contributed by atoms with E-state index >= 15 is 0 Å². The lowest BCUT2D eigenvalue weighted by molar-refractivity contribution is -0.123. The molecule has 0 atom stereocenters. The largest absolute Gasteiger partial charge is 0.354 e. The first-order chi connectivity index (χ1) is 9.49. The molecule has 1 aliphatic rings. The minimum absolute atomic E-state index is 0.0951. The van der Waals surface area contributed by atoms with Crippen molar-refractivity contribution in [3.63, 3.8) is 0 Å². The summed E-state index contributed by atoms with van der Waals surface area (Å²) in [6, 6.07) is 4.54. The van der Waals surface area contributed by atoms with Gasteiger partial charge in [-0.3, -0.25) is 4.79 Å². The minimum Gasteiger partial charge on any atom is -0.354 e. The quantitative estimate of drug-likeness (QED) is 0.870. The van der Waals surface area contributed by atoms with E-state index in [1.165, 1.54) is 12.1 Å². The van der Waals surface area contributed by atoms with Crippen LogP contribution in [0, 0.1) is 5.82 Å². The first-order valence-corrected chi connectivity index (χ1v) is 6.68. The molecule has 5 nitrogen and oxygen atoms in total. The third kappa shape index (κ3) is 2.27. The van der Waals surface area contributed by atoms with Gasteiger partial charge in [-0.15, -0.1) is 0 Å². The highest BCUT2D eigenvalue weighted by Gasteiger charge is 2.45. The number of rotatable bonds is 4. The highest BCUT2D eigenvalue weighted by Crippen LogP contribution is 2.31. The second-order valence-corrected chi connectivity index (χ2v) is 5.38. The van der Waals surface area contributed by atoms with E-state index in [0.717, 1.165) is 24.2 Å². The molecule has 2 aromatic rings. The predicted molar refractivity (Wildman–Crippen MR) is 73.5 cm³/mol. The molecule has 3 N–H and O–H groups in total. The SMILES string of the molecule is Cn1c(CCNC(=O)C2(N)CC2)nc2cc(F)ccc21. The number of nitrogens with two attached hydrogens (primary N) is 1. The molecule has 1 fully saturated rings. The molecule has 0 unspecified atom stereocenters. The van der Waals surface area contributed by atoms with Crippen LogP contribution in [0.3, 0.4) is 0 Å². The fraction of sp³-hybridized carbons (Fsp3) is 0.429. The van der Waals surface area contributed by atoms with Crippen LogP contribution >= 0.6 is 0 Å². The summed E-state index contributed by atoms with van der Waals surface area (Å²) >= 11 is 0. The van der Waals surface area contributed by atoms with E-state index < -0.39 is 5.54 Å². The zero-order valence-corrected chi connectivity index (χ0v) is 11.3. The average Bonchev–Trinajstić information content (AvgIpc) is 3.09. The number of hydrogen-bond donors (Lipinski definition) is 2. The Hall–Kier alpha value is -1.95. The van der Waals surface area contributed by atoms with Crippen molar-refractivity contribution in [2.24, 2.45) is 12.8 Å². The summed E-state index contributed by atoms with van der Waals surface area (Å²) in [6.45, 7) is 0.484. The number of hydrogen-bond acceptors (Lipinski definition) is 3. The standard InChI is InChI=1S/C14H17FN4O/c1-19-11-3-2-9(15)8-10(11)18-12(19)4-7-17-13(20)14(16)5-6-14/h2-3,8H,4-7,16H2,1H3,(H,17,20).